The largest absolute Gasteiger partial charge is 0.369 e. The number of likely N-dealkylation sites (N-methyl/N-ethyl adjacent to an activating group) is 2. The third-order valence-corrected chi connectivity index (χ3v) is 6.83. The van der Waals surface area contributed by atoms with E-state index in [2.05, 4.69) is 76.6 Å². The maximum absolute atomic E-state index is 6.14. The molecule has 0 atom stereocenters. The van der Waals surface area contributed by atoms with Crippen molar-refractivity contribution in [3.63, 3.8) is 0 Å². The summed E-state index contributed by atoms with van der Waals surface area (Å²) >= 11 is 6.14. The summed E-state index contributed by atoms with van der Waals surface area (Å²) in [4.78, 5) is 16.2. The first-order valence-corrected chi connectivity index (χ1v) is 12.9. The van der Waals surface area contributed by atoms with Gasteiger partial charge in [-0.1, -0.05) is 23.7 Å². The quantitative estimate of drug-likeness (QED) is 0.363. The number of benzene rings is 2. The Bertz CT molecular complexity index is 1310. The molecule has 1 N–H and O–H groups in total. The second-order valence-corrected chi connectivity index (χ2v) is 10.1. The molecule has 37 heavy (non-hydrogen) atoms. The van der Waals surface area contributed by atoms with E-state index in [1.165, 1.54) is 5.69 Å². The lowest BCUT2D eigenvalue weighted by Crippen LogP contribution is -2.44. The van der Waals surface area contributed by atoms with Crippen LogP contribution in [0.3, 0.4) is 0 Å². The van der Waals surface area contributed by atoms with Crippen LogP contribution in [0.1, 0.15) is 0 Å². The molecule has 1 saturated heterocycles. The molecule has 3 heterocycles. The summed E-state index contributed by atoms with van der Waals surface area (Å²) in [7, 11) is 6.29. The number of hydrogen-bond acceptors (Lipinski definition) is 7. The summed E-state index contributed by atoms with van der Waals surface area (Å²) in [5, 5.41) is 8.95. The Balaban J connectivity index is 1.38. The summed E-state index contributed by atoms with van der Waals surface area (Å²) in [6, 6.07) is 18.2. The van der Waals surface area contributed by atoms with E-state index in [4.69, 9.17) is 21.7 Å². The van der Waals surface area contributed by atoms with Gasteiger partial charge in [0.05, 0.1) is 12.2 Å². The second-order valence-electron chi connectivity index (χ2n) is 9.69. The number of anilines is 3. The van der Waals surface area contributed by atoms with E-state index < -0.39 is 0 Å². The number of rotatable bonds is 8. The van der Waals surface area contributed by atoms with Crippen molar-refractivity contribution in [1.82, 2.24) is 29.5 Å². The molecule has 1 fully saturated rings. The molecule has 5 rings (SSSR count). The molecule has 8 nitrogen and oxygen atoms in total. The van der Waals surface area contributed by atoms with Crippen molar-refractivity contribution in [2.45, 2.75) is 6.54 Å². The molecule has 0 bridgehead atoms. The lowest BCUT2D eigenvalue weighted by Gasteiger charge is -2.34. The molecule has 0 radical (unpaired) electrons. The summed E-state index contributed by atoms with van der Waals surface area (Å²) in [6.45, 7) is 5.94. The molecule has 4 aromatic rings. The van der Waals surface area contributed by atoms with Gasteiger partial charge in [-0.2, -0.15) is 5.10 Å². The van der Waals surface area contributed by atoms with E-state index in [1.54, 1.807) is 6.20 Å². The highest BCUT2D eigenvalue weighted by molar-refractivity contribution is 6.30. The monoisotopic (exact) mass is 516 g/mol. The van der Waals surface area contributed by atoms with Gasteiger partial charge < -0.3 is 20.0 Å². The first kappa shape index (κ1) is 25.2. The number of nitrogens with zero attached hydrogens (tertiary/aromatic N) is 7. The zero-order valence-electron chi connectivity index (χ0n) is 21.6. The molecule has 0 spiro atoms. The van der Waals surface area contributed by atoms with E-state index >= 15 is 0 Å². The number of aromatic nitrogens is 4. The molecule has 0 aliphatic carbocycles. The van der Waals surface area contributed by atoms with E-state index in [1.807, 2.05) is 35.0 Å². The fourth-order valence-electron chi connectivity index (χ4n) is 4.37. The number of nitrogens with one attached hydrogen (secondary N) is 1. The van der Waals surface area contributed by atoms with Gasteiger partial charge in [0.25, 0.3) is 0 Å². The van der Waals surface area contributed by atoms with Gasteiger partial charge in [0, 0.05) is 72.6 Å². The number of hydrogen-bond donors (Lipinski definition) is 1. The van der Waals surface area contributed by atoms with Crippen molar-refractivity contribution in [3.05, 3.63) is 72.0 Å². The Morgan fingerprint density at radius 2 is 1.68 bits per heavy atom. The van der Waals surface area contributed by atoms with E-state index in [0.717, 1.165) is 67.5 Å². The topological polar surface area (TPSA) is 65.4 Å². The van der Waals surface area contributed by atoms with Gasteiger partial charge in [-0.05, 0) is 63.6 Å². The number of halogens is 1. The maximum atomic E-state index is 6.14. The highest BCUT2D eigenvalue weighted by atomic mass is 35.5. The minimum absolute atomic E-state index is 0.549. The van der Waals surface area contributed by atoms with Crippen LogP contribution in [0.2, 0.25) is 5.02 Å². The molecule has 2 aromatic heterocycles. The second kappa shape index (κ2) is 11.3. The van der Waals surface area contributed by atoms with E-state index in [-0.39, 0.29) is 0 Å². The summed E-state index contributed by atoms with van der Waals surface area (Å²) in [5.74, 6) is 0.549. The van der Waals surface area contributed by atoms with Gasteiger partial charge in [-0.25, -0.2) is 9.97 Å². The molecule has 0 unspecified atom stereocenters. The van der Waals surface area contributed by atoms with Crippen LogP contribution in [0.25, 0.3) is 22.5 Å². The highest BCUT2D eigenvalue weighted by Gasteiger charge is 2.16. The SMILES string of the molecule is CN(C)CCn1cc(-c2ccnc(Nc3ccc(N4CCN(C)CC4)cc3)n2)c(-c2ccc(Cl)cc2)n1. The lowest BCUT2D eigenvalue weighted by atomic mass is 10.1. The molecule has 0 saturated carbocycles. The maximum Gasteiger partial charge on any atom is 0.227 e. The summed E-state index contributed by atoms with van der Waals surface area (Å²) in [5.41, 5.74) is 5.83. The molecule has 9 heteroatoms. The smallest absolute Gasteiger partial charge is 0.227 e. The van der Waals surface area contributed by atoms with Crippen LogP contribution in [-0.2, 0) is 6.54 Å². The predicted molar refractivity (Wildman–Crippen MR) is 152 cm³/mol. The van der Waals surface area contributed by atoms with Gasteiger partial charge >= 0.3 is 0 Å². The minimum atomic E-state index is 0.549. The zero-order chi connectivity index (χ0) is 25.8. The molecule has 2 aromatic carbocycles. The average molecular weight is 517 g/mol. The van der Waals surface area contributed by atoms with Crippen LogP contribution in [0.5, 0.6) is 0 Å². The zero-order valence-corrected chi connectivity index (χ0v) is 22.4. The molecular weight excluding hydrogens is 484 g/mol. The van der Waals surface area contributed by atoms with Crippen molar-refractivity contribution < 1.29 is 0 Å². The first-order valence-electron chi connectivity index (χ1n) is 12.6. The Morgan fingerprint density at radius 1 is 0.946 bits per heavy atom. The molecule has 1 aliphatic rings. The van der Waals surface area contributed by atoms with Crippen LogP contribution in [0.15, 0.2) is 67.0 Å². The summed E-state index contributed by atoms with van der Waals surface area (Å²) < 4.78 is 1.98. The molecule has 1 aliphatic heterocycles. The molecule has 0 amide bonds. The van der Waals surface area contributed by atoms with E-state index in [9.17, 15) is 0 Å². The van der Waals surface area contributed by atoms with Crippen LogP contribution in [0, 0.1) is 0 Å². The molecular formula is C28H33ClN8. The fourth-order valence-corrected chi connectivity index (χ4v) is 4.49. The van der Waals surface area contributed by atoms with Crippen LogP contribution >= 0.6 is 11.6 Å². The summed E-state index contributed by atoms with van der Waals surface area (Å²) in [6.07, 6.45) is 3.84. The third kappa shape index (κ3) is 6.28. The van der Waals surface area contributed by atoms with Gasteiger partial charge in [0.2, 0.25) is 5.95 Å². The van der Waals surface area contributed by atoms with Crippen molar-refractivity contribution in [2.24, 2.45) is 0 Å². The Labute approximate surface area is 223 Å². The first-order chi connectivity index (χ1) is 17.9. The van der Waals surface area contributed by atoms with Crippen LogP contribution < -0.4 is 10.2 Å². The average Bonchev–Trinajstić information content (AvgIpc) is 3.33. The van der Waals surface area contributed by atoms with Crippen molar-refractivity contribution >= 4 is 28.9 Å². The predicted octanol–water partition coefficient (Wildman–Crippen LogP) is 4.72. The number of piperazine rings is 1. The van der Waals surface area contributed by atoms with Gasteiger partial charge in [0.1, 0.15) is 5.69 Å². The third-order valence-electron chi connectivity index (χ3n) is 6.58. The van der Waals surface area contributed by atoms with Gasteiger partial charge in [-0.3, -0.25) is 4.68 Å². The fraction of sp³-hybridized carbons (Fsp3) is 0.321. The minimum Gasteiger partial charge on any atom is -0.369 e. The Kier molecular flexibility index (Phi) is 7.69. The normalized spacial score (nSPS) is 14.4. The molecule has 192 valence electrons. The van der Waals surface area contributed by atoms with Crippen LogP contribution in [0.4, 0.5) is 17.3 Å². The Morgan fingerprint density at radius 3 is 2.38 bits per heavy atom. The standard InChI is InChI=1S/C28H33ClN8/c1-34(2)14-19-37-20-25(27(33-37)21-4-6-22(29)7-5-21)26-12-13-30-28(32-26)31-23-8-10-24(11-9-23)36-17-15-35(3)16-18-36/h4-13,20H,14-19H2,1-3H3,(H,30,31,32). The van der Waals surface area contributed by atoms with E-state index in [0.29, 0.717) is 11.0 Å². The van der Waals surface area contributed by atoms with Crippen molar-refractivity contribution in [2.75, 3.05) is 64.1 Å². The van der Waals surface area contributed by atoms with Crippen molar-refractivity contribution in [3.8, 4) is 22.5 Å². The van der Waals surface area contributed by atoms with Crippen molar-refractivity contribution in [1.29, 1.82) is 0 Å². The Hall–Kier alpha value is -3.46. The lowest BCUT2D eigenvalue weighted by molar-refractivity contribution is 0.313. The van der Waals surface area contributed by atoms with Gasteiger partial charge in [0.15, 0.2) is 0 Å². The van der Waals surface area contributed by atoms with Crippen LogP contribution in [-0.4, -0.2) is 83.4 Å². The highest BCUT2D eigenvalue weighted by Crippen LogP contribution is 2.31. The van der Waals surface area contributed by atoms with Gasteiger partial charge in [-0.15, -0.1) is 0 Å².